The van der Waals surface area contributed by atoms with Crippen LogP contribution in [0.15, 0.2) is 0 Å². The second-order valence-electron chi connectivity index (χ2n) is 2.74. The van der Waals surface area contributed by atoms with Crippen molar-refractivity contribution >= 4 is 0 Å². The molecule has 0 radical (unpaired) electrons. The SMILES string of the molecule is [13CH3][15N+]([13CH3])([13CH3])CCO.[I-]. The normalized spacial score (nSPS) is 10.5. The second-order valence-corrected chi connectivity index (χ2v) is 2.74. The van der Waals surface area contributed by atoms with E-state index in [1.165, 1.54) is 0 Å². The van der Waals surface area contributed by atoms with E-state index < -0.39 is 0 Å². The fourth-order valence-electron chi connectivity index (χ4n) is 0.300. The van der Waals surface area contributed by atoms with Crippen LogP contribution in [0.4, 0.5) is 0 Å². The minimum Gasteiger partial charge on any atom is -1.00 e. The fourth-order valence-corrected chi connectivity index (χ4v) is 0.300. The number of hydrogen-bond donors (Lipinski definition) is 1. The molecule has 0 saturated heterocycles. The van der Waals surface area contributed by atoms with E-state index >= 15 is 0 Å². The Kier molecular flexibility index (Phi) is 6.47. The van der Waals surface area contributed by atoms with E-state index in [-0.39, 0.29) is 30.6 Å². The van der Waals surface area contributed by atoms with Crippen molar-refractivity contribution in [3.05, 3.63) is 0 Å². The van der Waals surface area contributed by atoms with Crippen molar-refractivity contribution in [2.45, 2.75) is 0 Å². The van der Waals surface area contributed by atoms with Gasteiger partial charge in [0.15, 0.2) is 0 Å². The summed E-state index contributed by atoms with van der Waals surface area (Å²) in [5.74, 6) is 0. The van der Waals surface area contributed by atoms with Gasteiger partial charge in [-0.2, -0.15) is 0 Å². The third kappa shape index (κ3) is 9.82. The third-order valence-electron chi connectivity index (χ3n) is 0.771. The molecule has 52 valence electrons. The molecule has 0 fully saturated rings. The van der Waals surface area contributed by atoms with Crippen molar-refractivity contribution in [1.29, 1.82) is 0 Å². The Morgan fingerprint density at radius 3 is 1.62 bits per heavy atom. The maximum atomic E-state index is 8.39. The molecule has 3 heteroatoms. The molecular formula is C5H14INO. The van der Waals surface area contributed by atoms with Crippen LogP contribution in [0.5, 0.6) is 0 Å². The number of aliphatic hydroxyl groups excluding tert-OH is 1. The molecule has 0 unspecified atom stereocenters. The predicted molar refractivity (Wildman–Crippen MR) is 30.0 cm³/mol. The maximum absolute atomic E-state index is 8.39. The van der Waals surface area contributed by atoms with Gasteiger partial charge in [0.05, 0.1) is 27.7 Å². The van der Waals surface area contributed by atoms with Gasteiger partial charge in [0.1, 0.15) is 6.54 Å². The summed E-state index contributed by atoms with van der Waals surface area (Å²) in [5, 5.41) is 8.39. The zero-order chi connectivity index (χ0) is 5.91. The first-order chi connectivity index (χ1) is 3.06. The summed E-state index contributed by atoms with van der Waals surface area (Å²) in [7, 11) is 6.16. The Hall–Kier alpha value is 0.650. The van der Waals surface area contributed by atoms with E-state index in [0.717, 1.165) is 11.0 Å². The molecule has 1 N–H and O–H groups in total. The average Bonchev–Trinajstić information content (AvgIpc) is 1.30. The first kappa shape index (κ1) is 11.4. The van der Waals surface area contributed by atoms with Gasteiger partial charge in [0.25, 0.3) is 0 Å². The summed E-state index contributed by atoms with van der Waals surface area (Å²) in [6.45, 7) is 1.11. The number of rotatable bonds is 2. The Balaban J connectivity index is 0. The lowest BCUT2D eigenvalue weighted by atomic mass is 10.7. The minimum absolute atomic E-state index is 0. The average molecular weight is 235 g/mol. The highest BCUT2D eigenvalue weighted by atomic mass is 127. The number of likely N-dealkylation sites (N-methyl/N-ethyl adjacent to an activating group) is 1. The zero-order valence-electron chi connectivity index (χ0n) is 5.69. The van der Waals surface area contributed by atoms with Crippen molar-refractivity contribution in [3.8, 4) is 0 Å². The van der Waals surface area contributed by atoms with Gasteiger partial charge in [-0.05, 0) is 0 Å². The number of aliphatic hydroxyl groups is 1. The predicted octanol–water partition coefficient (Wildman–Crippen LogP) is -3.31. The third-order valence-corrected chi connectivity index (χ3v) is 0.771. The molecule has 0 saturated carbocycles. The standard InChI is InChI=1S/C5H14NO.HI/c1-6(2,3)4-5-7;/h7H,4-5H2,1-3H3;1H/q+1;/p-1/i1+1,2+1,3+1,6+1;. The van der Waals surface area contributed by atoms with Crippen LogP contribution in [0.2, 0.25) is 0 Å². The van der Waals surface area contributed by atoms with E-state index in [1.54, 1.807) is 0 Å². The van der Waals surface area contributed by atoms with Gasteiger partial charge in [0.2, 0.25) is 0 Å². The summed E-state index contributed by atoms with van der Waals surface area (Å²) < 4.78 is 0.844. The Bertz CT molecular complexity index is 50.9. The van der Waals surface area contributed by atoms with Crippen molar-refractivity contribution in [3.63, 3.8) is 0 Å². The van der Waals surface area contributed by atoms with E-state index in [1.807, 2.05) is 0 Å². The summed E-state index contributed by atoms with van der Waals surface area (Å²) in [4.78, 5) is 0. The first-order valence-corrected chi connectivity index (χ1v) is 2.47. The number of nitrogens with zero attached hydrogens (tertiary/aromatic N) is 1. The van der Waals surface area contributed by atoms with Crippen LogP contribution in [-0.4, -0.2) is 43.9 Å². The van der Waals surface area contributed by atoms with Crippen LogP contribution in [0.3, 0.4) is 0 Å². The van der Waals surface area contributed by atoms with Crippen LogP contribution < -0.4 is 24.0 Å². The van der Waals surface area contributed by atoms with Crippen LogP contribution in [0.25, 0.3) is 0 Å². The van der Waals surface area contributed by atoms with Crippen LogP contribution >= 0.6 is 0 Å². The van der Waals surface area contributed by atoms with Crippen molar-refractivity contribution < 1.29 is 33.6 Å². The van der Waals surface area contributed by atoms with Gasteiger partial charge < -0.3 is 33.6 Å². The lowest BCUT2D eigenvalue weighted by Gasteiger charge is -2.21. The minimum atomic E-state index is 0. The second kappa shape index (κ2) is 4.52. The lowest BCUT2D eigenvalue weighted by molar-refractivity contribution is -0.870. The van der Waals surface area contributed by atoms with Gasteiger partial charge in [-0.1, -0.05) is 0 Å². The molecule has 8 heavy (non-hydrogen) atoms. The maximum Gasteiger partial charge on any atom is 0.101 e. The summed E-state index contributed by atoms with van der Waals surface area (Å²) in [6.07, 6.45) is 0. The molecule has 0 amide bonds. The topological polar surface area (TPSA) is 20.2 Å². The molecule has 0 bridgehead atoms. The highest BCUT2D eigenvalue weighted by Crippen LogP contribution is 1.84. The summed E-state index contributed by atoms with van der Waals surface area (Å²) in [6, 6.07) is 0. The monoisotopic (exact) mass is 235 g/mol. The largest absolute Gasteiger partial charge is 1.00 e. The van der Waals surface area contributed by atoms with E-state index in [9.17, 15) is 0 Å². The molecule has 0 aromatic heterocycles. The lowest BCUT2D eigenvalue weighted by Crippen LogP contribution is -3.00. The Morgan fingerprint density at radius 1 is 1.25 bits per heavy atom. The Morgan fingerprint density at radius 2 is 1.62 bits per heavy atom. The smallest absolute Gasteiger partial charge is 0.101 e. The van der Waals surface area contributed by atoms with Crippen LogP contribution in [-0.2, 0) is 0 Å². The summed E-state index contributed by atoms with van der Waals surface area (Å²) >= 11 is 0. The Labute approximate surface area is 68.1 Å². The molecule has 2 nitrogen and oxygen atoms in total. The van der Waals surface area contributed by atoms with Gasteiger partial charge in [-0.25, -0.2) is 0 Å². The van der Waals surface area contributed by atoms with Gasteiger partial charge in [-0.3, -0.25) is 0 Å². The van der Waals surface area contributed by atoms with Gasteiger partial charge in [0, 0.05) is 0 Å². The molecule has 0 aromatic carbocycles. The van der Waals surface area contributed by atoms with Crippen molar-refractivity contribution in [1.82, 2.24) is 0 Å². The van der Waals surface area contributed by atoms with Crippen LogP contribution in [0.1, 0.15) is 0 Å². The molecule has 0 atom stereocenters. The molecule has 0 aliphatic rings. The number of quaternary nitrogens is 1. The number of hydrogen-bond acceptors (Lipinski definition) is 1. The highest BCUT2D eigenvalue weighted by molar-refractivity contribution is 4.19. The molecule has 0 aliphatic heterocycles. The van der Waals surface area contributed by atoms with E-state index in [4.69, 9.17) is 5.11 Å². The fraction of sp³-hybridized carbons (Fsp3) is 1.00. The van der Waals surface area contributed by atoms with Crippen LogP contribution in [0, 0.1) is 0 Å². The van der Waals surface area contributed by atoms with Crippen molar-refractivity contribution in [2.75, 3.05) is 34.3 Å². The molecule has 0 rings (SSSR count). The molecule has 0 spiro atoms. The van der Waals surface area contributed by atoms with Gasteiger partial charge >= 0.3 is 0 Å². The molecule has 0 aromatic rings. The van der Waals surface area contributed by atoms with E-state index in [2.05, 4.69) is 21.1 Å². The summed E-state index contributed by atoms with van der Waals surface area (Å²) in [5.41, 5.74) is 0. The number of halogens is 1. The first-order valence-electron chi connectivity index (χ1n) is 2.47. The van der Waals surface area contributed by atoms with E-state index in [0.29, 0.717) is 0 Å². The molecule has 0 heterocycles. The highest BCUT2D eigenvalue weighted by Gasteiger charge is 2.02. The molecule has 0 aliphatic carbocycles. The zero-order valence-corrected chi connectivity index (χ0v) is 7.84. The van der Waals surface area contributed by atoms with Crippen molar-refractivity contribution in [2.24, 2.45) is 0 Å². The molecular weight excluding hydrogens is 221 g/mol. The van der Waals surface area contributed by atoms with Gasteiger partial charge in [-0.15, -0.1) is 0 Å². The quantitative estimate of drug-likeness (QED) is 0.230.